The molecule has 1 aromatic heterocycles. The molecule has 0 bridgehead atoms. The summed E-state index contributed by atoms with van der Waals surface area (Å²) in [6, 6.07) is 17.6. The number of benzene rings is 3. The minimum Gasteiger partial charge on any atom is -0.490 e. The van der Waals surface area contributed by atoms with Crippen molar-refractivity contribution in [2.24, 2.45) is 0 Å². The summed E-state index contributed by atoms with van der Waals surface area (Å²) >= 11 is 15.4. The maximum Gasteiger partial charge on any atom is 0.257 e. The van der Waals surface area contributed by atoms with Crippen molar-refractivity contribution in [2.75, 3.05) is 11.9 Å². The van der Waals surface area contributed by atoms with Crippen molar-refractivity contribution in [3.05, 3.63) is 75.8 Å². The van der Waals surface area contributed by atoms with Crippen molar-refractivity contribution < 1.29 is 9.53 Å². The second kappa shape index (κ2) is 10.5. The Morgan fingerprint density at radius 1 is 1.09 bits per heavy atom. The highest BCUT2D eigenvalue weighted by Gasteiger charge is 2.16. The summed E-state index contributed by atoms with van der Waals surface area (Å²) in [7, 11) is 0. The third kappa shape index (κ3) is 5.35. The number of hydrogen-bond donors (Lipinski definition) is 1. The molecule has 0 aliphatic carbocycles. The molecule has 4 aromatic rings. The molecule has 0 saturated carbocycles. The fraction of sp³-hybridized carbons (Fsp3) is 0.174. The standard InChI is InChI=1S/C23H19Cl2N3O2S2/c1-2-10-30-20-18(24)11-16(12-19(20)25)21(29)26-22-27-28-23(32-22)31-13-15-8-5-7-14-6-3-4-9-17(14)15/h3-9,11-12H,2,10,13H2,1H3,(H,26,27,29). The highest BCUT2D eigenvalue weighted by atomic mass is 35.5. The van der Waals surface area contributed by atoms with Crippen LogP contribution in [-0.2, 0) is 5.75 Å². The fourth-order valence-electron chi connectivity index (χ4n) is 3.08. The molecule has 0 fully saturated rings. The molecule has 0 atom stereocenters. The molecular weight excluding hydrogens is 485 g/mol. The molecule has 1 heterocycles. The van der Waals surface area contributed by atoms with Gasteiger partial charge in [0.15, 0.2) is 10.1 Å². The first-order valence-corrected chi connectivity index (χ1v) is 12.5. The predicted molar refractivity (Wildman–Crippen MR) is 134 cm³/mol. The quantitative estimate of drug-likeness (QED) is 0.201. The lowest BCUT2D eigenvalue weighted by Crippen LogP contribution is -2.12. The number of ether oxygens (including phenoxy) is 1. The lowest BCUT2D eigenvalue weighted by molar-refractivity contribution is 0.102. The molecule has 9 heteroatoms. The first-order valence-electron chi connectivity index (χ1n) is 9.91. The van der Waals surface area contributed by atoms with Gasteiger partial charge in [-0.15, -0.1) is 10.2 Å². The van der Waals surface area contributed by atoms with E-state index in [-0.39, 0.29) is 5.91 Å². The molecule has 1 N–H and O–H groups in total. The van der Waals surface area contributed by atoms with Crippen LogP contribution in [0.5, 0.6) is 5.75 Å². The smallest absolute Gasteiger partial charge is 0.257 e. The van der Waals surface area contributed by atoms with E-state index < -0.39 is 0 Å². The van der Waals surface area contributed by atoms with Gasteiger partial charge in [0.05, 0.1) is 16.7 Å². The van der Waals surface area contributed by atoms with Gasteiger partial charge in [-0.3, -0.25) is 10.1 Å². The molecule has 1 amide bonds. The number of hydrogen-bond acceptors (Lipinski definition) is 6. The average molecular weight is 504 g/mol. The van der Waals surface area contributed by atoms with Crippen LogP contribution >= 0.6 is 46.3 Å². The molecular formula is C23H19Cl2N3O2S2. The number of rotatable bonds is 8. The lowest BCUT2D eigenvalue weighted by Gasteiger charge is -2.10. The minimum atomic E-state index is -0.363. The van der Waals surface area contributed by atoms with Gasteiger partial charge in [0.1, 0.15) is 0 Å². The second-order valence-electron chi connectivity index (χ2n) is 6.87. The second-order valence-corrected chi connectivity index (χ2v) is 9.89. The highest BCUT2D eigenvalue weighted by molar-refractivity contribution is 8.00. The largest absolute Gasteiger partial charge is 0.490 e. The Hall–Kier alpha value is -2.32. The molecule has 0 spiro atoms. The summed E-state index contributed by atoms with van der Waals surface area (Å²) in [5, 5.41) is 14.5. The monoisotopic (exact) mass is 503 g/mol. The van der Waals surface area contributed by atoms with Crippen LogP contribution < -0.4 is 10.1 Å². The van der Waals surface area contributed by atoms with Gasteiger partial charge < -0.3 is 4.74 Å². The SMILES string of the molecule is CCCOc1c(Cl)cc(C(=O)Nc2nnc(SCc3cccc4ccccc34)s2)cc1Cl. The minimum absolute atomic E-state index is 0.291. The summed E-state index contributed by atoms with van der Waals surface area (Å²) in [5.41, 5.74) is 1.55. The number of amides is 1. The number of fused-ring (bicyclic) bond motifs is 1. The maximum atomic E-state index is 12.6. The Morgan fingerprint density at radius 3 is 2.62 bits per heavy atom. The van der Waals surface area contributed by atoms with Crippen LogP contribution in [0.25, 0.3) is 10.8 Å². The van der Waals surface area contributed by atoms with E-state index in [4.69, 9.17) is 27.9 Å². The molecule has 0 radical (unpaired) electrons. The van der Waals surface area contributed by atoms with Gasteiger partial charge in [-0.2, -0.15) is 0 Å². The maximum absolute atomic E-state index is 12.6. The van der Waals surface area contributed by atoms with Crippen LogP contribution in [0.3, 0.4) is 0 Å². The lowest BCUT2D eigenvalue weighted by atomic mass is 10.1. The van der Waals surface area contributed by atoms with E-state index >= 15 is 0 Å². The Balaban J connectivity index is 1.41. The molecule has 0 unspecified atom stereocenters. The predicted octanol–water partition coefficient (Wildman–Crippen LogP) is 7.33. The summed E-state index contributed by atoms with van der Waals surface area (Å²) in [6.07, 6.45) is 0.826. The van der Waals surface area contributed by atoms with E-state index in [1.807, 2.05) is 19.1 Å². The molecule has 32 heavy (non-hydrogen) atoms. The number of carbonyl (C=O) groups excluding carboxylic acids is 1. The summed E-state index contributed by atoms with van der Waals surface area (Å²) < 4.78 is 6.32. The molecule has 3 aromatic carbocycles. The van der Waals surface area contributed by atoms with Crippen LogP contribution in [-0.4, -0.2) is 22.7 Å². The van der Waals surface area contributed by atoms with Crippen LogP contribution in [0.1, 0.15) is 29.3 Å². The van der Waals surface area contributed by atoms with Crippen molar-refractivity contribution in [3.8, 4) is 5.75 Å². The summed E-state index contributed by atoms with van der Waals surface area (Å²) in [5.74, 6) is 0.779. The van der Waals surface area contributed by atoms with Crippen LogP contribution in [0, 0.1) is 0 Å². The molecule has 0 aliphatic heterocycles. The van der Waals surface area contributed by atoms with Crippen LogP contribution in [0.4, 0.5) is 5.13 Å². The zero-order valence-corrected chi connectivity index (χ0v) is 20.2. The zero-order valence-electron chi connectivity index (χ0n) is 17.1. The van der Waals surface area contributed by atoms with Crippen molar-refractivity contribution in [2.45, 2.75) is 23.4 Å². The number of anilines is 1. The van der Waals surface area contributed by atoms with Gasteiger partial charge in [0.25, 0.3) is 5.91 Å². The van der Waals surface area contributed by atoms with Gasteiger partial charge in [0.2, 0.25) is 5.13 Å². The van der Waals surface area contributed by atoms with E-state index in [2.05, 4.69) is 45.8 Å². The van der Waals surface area contributed by atoms with E-state index in [0.717, 1.165) is 16.5 Å². The summed E-state index contributed by atoms with van der Waals surface area (Å²) in [4.78, 5) is 12.6. The van der Waals surface area contributed by atoms with E-state index in [1.54, 1.807) is 11.8 Å². The molecule has 4 rings (SSSR count). The number of halogens is 2. The van der Waals surface area contributed by atoms with Crippen molar-refractivity contribution in [1.82, 2.24) is 10.2 Å². The van der Waals surface area contributed by atoms with Gasteiger partial charge in [-0.1, -0.05) is 95.7 Å². The van der Waals surface area contributed by atoms with Gasteiger partial charge in [-0.05, 0) is 34.9 Å². The highest BCUT2D eigenvalue weighted by Crippen LogP contribution is 2.35. The topological polar surface area (TPSA) is 64.1 Å². The van der Waals surface area contributed by atoms with Crippen molar-refractivity contribution in [3.63, 3.8) is 0 Å². The Bertz CT molecular complexity index is 1230. The Morgan fingerprint density at radius 2 is 1.84 bits per heavy atom. The molecule has 5 nitrogen and oxygen atoms in total. The molecule has 0 aliphatic rings. The first kappa shape index (κ1) is 22.9. The first-order chi connectivity index (χ1) is 15.5. The summed E-state index contributed by atoms with van der Waals surface area (Å²) in [6.45, 7) is 2.48. The van der Waals surface area contributed by atoms with Crippen molar-refractivity contribution in [1.29, 1.82) is 0 Å². The van der Waals surface area contributed by atoms with E-state index in [0.29, 0.717) is 33.1 Å². The third-order valence-electron chi connectivity index (χ3n) is 4.57. The fourth-order valence-corrected chi connectivity index (χ4v) is 5.43. The van der Waals surface area contributed by atoms with Crippen LogP contribution in [0.15, 0.2) is 58.9 Å². The number of nitrogens with zero attached hydrogens (tertiary/aromatic N) is 2. The van der Waals surface area contributed by atoms with Gasteiger partial charge >= 0.3 is 0 Å². The van der Waals surface area contributed by atoms with Crippen molar-refractivity contribution >= 4 is 68.1 Å². The normalized spacial score (nSPS) is 11.0. The molecule has 0 saturated heterocycles. The van der Waals surface area contributed by atoms with Gasteiger partial charge in [0, 0.05) is 11.3 Å². The van der Waals surface area contributed by atoms with E-state index in [1.165, 1.54) is 39.8 Å². The third-order valence-corrected chi connectivity index (χ3v) is 7.15. The number of carbonyl (C=O) groups is 1. The van der Waals surface area contributed by atoms with Gasteiger partial charge in [-0.25, -0.2) is 0 Å². The molecule has 164 valence electrons. The van der Waals surface area contributed by atoms with E-state index in [9.17, 15) is 4.79 Å². The Labute approximate surface area is 204 Å². The number of aromatic nitrogens is 2. The van der Waals surface area contributed by atoms with Crippen LogP contribution in [0.2, 0.25) is 10.0 Å². The zero-order chi connectivity index (χ0) is 22.5. The number of thioether (sulfide) groups is 1. The average Bonchev–Trinajstić information content (AvgIpc) is 3.24. The number of nitrogens with one attached hydrogen (secondary N) is 1. The Kier molecular flexibility index (Phi) is 7.52.